The maximum Gasteiger partial charge on any atom is 0.0865 e. The van der Waals surface area contributed by atoms with Crippen molar-refractivity contribution in [2.24, 2.45) is 0 Å². The Morgan fingerprint density at radius 2 is 1.61 bits per heavy atom. The number of nitrogens with zero attached hydrogens (tertiary/aromatic N) is 1. The Morgan fingerprint density at radius 1 is 0.929 bits per heavy atom. The molecule has 0 amide bonds. The summed E-state index contributed by atoms with van der Waals surface area (Å²) >= 11 is 8.26. The quantitative estimate of drug-likeness (QED) is 0.458. The van der Waals surface area contributed by atoms with Gasteiger partial charge >= 0.3 is 0 Å². The van der Waals surface area contributed by atoms with Gasteiger partial charge in [-0.25, -0.2) is 0 Å². The smallest absolute Gasteiger partial charge is 0.0865 e. The first kappa shape index (κ1) is 19.5. The van der Waals surface area contributed by atoms with Gasteiger partial charge in [0, 0.05) is 24.5 Å². The summed E-state index contributed by atoms with van der Waals surface area (Å²) in [5.74, 6) is 0. The van der Waals surface area contributed by atoms with E-state index in [0.717, 1.165) is 36.2 Å². The molecule has 1 aliphatic rings. The summed E-state index contributed by atoms with van der Waals surface area (Å²) in [6, 6.07) is 29.4. The molecule has 0 aromatic heterocycles. The number of ether oxygens (including phenoxy) is 1. The van der Waals surface area contributed by atoms with Crippen LogP contribution in [0, 0.1) is 0 Å². The molecule has 4 rings (SSSR count). The lowest BCUT2D eigenvalue weighted by atomic mass is 10.1. The minimum Gasteiger partial charge on any atom is -0.374 e. The van der Waals surface area contributed by atoms with Crippen LogP contribution >= 0.6 is 23.4 Å². The van der Waals surface area contributed by atoms with Gasteiger partial charge in [0.1, 0.15) is 0 Å². The monoisotopic (exact) mass is 409 g/mol. The Balaban J connectivity index is 1.54. The van der Waals surface area contributed by atoms with Crippen molar-refractivity contribution < 1.29 is 4.74 Å². The van der Waals surface area contributed by atoms with Crippen molar-refractivity contribution in [2.45, 2.75) is 22.8 Å². The molecular weight excluding hydrogens is 386 g/mol. The Morgan fingerprint density at radius 3 is 2.36 bits per heavy atom. The maximum atomic E-state index is 6.46. The molecule has 4 heteroatoms. The molecule has 3 aromatic carbocycles. The van der Waals surface area contributed by atoms with E-state index in [2.05, 4.69) is 71.6 Å². The molecular formula is C24H24ClNOS. The van der Waals surface area contributed by atoms with E-state index < -0.39 is 0 Å². The Kier molecular flexibility index (Phi) is 6.71. The number of hydrogen-bond donors (Lipinski definition) is 0. The molecule has 1 heterocycles. The van der Waals surface area contributed by atoms with Crippen molar-refractivity contribution in [3.8, 4) is 0 Å². The van der Waals surface area contributed by atoms with Gasteiger partial charge in [0.05, 0.1) is 23.0 Å². The third kappa shape index (κ3) is 4.98. The van der Waals surface area contributed by atoms with Crippen molar-refractivity contribution in [1.29, 1.82) is 0 Å². The van der Waals surface area contributed by atoms with Gasteiger partial charge in [0.15, 0.2) is 0 Å². The zero-order chi connectivity index (χ0) is 19.2. The van der Waals surface area contributed by atoms with E-state index in [-0.39, 0.29) is 11.4 Å². The van der Waals surface area contributed by atoms with Gasteiger partial charge in [-0.15, -0.1) is 11.8 Å². The first-order valence-corrected chi connectivity index (χ1v) is 10.9. The van der Waals surface area contributed by atoms with Gasteiger partial charge in [-0.05, 0) is 23.3 Å². The highest BCUT2D eigenvalue weighted by atomic mass is 35.5. The van der Waals surface area contributed by atoms with Crippen LogP contribution in [0.5, 0.6) is 0 Å². The SMILES string of the molecule is Clc1ccccc1SC(c1ccccc1)[C@@H]1CN(Cc2ccccc2)CCO1. The average Bonchev–Trinajstić information content (AvgIpc) is 2.75. The minimum atomic E-state index is 0.112. The van der Waals surface area contributed by atoms with E-state index in [1.54, 1.807) is 11.8 Å². The lowest BCUT2D eigenvalue weighted by Gasteiger charge is -2.37. The predicted octanol–water partition coefficient (Wildman–Crippen LogP) is 6.07. The van der Waals surface area contributed by atoms with Crippen LogP contribution in [-0.4, -0.2) is 30.7 Å². The summed E-state index contributed by atoms with van der Waals surface area (Å²) in [4.78, 5) is 3.59. The molecule has 0 bridgehead atoms. The molecule has 2 nitrogen and oxygen atoms in total. The van der Waals surface area contributed by atoms with E-state index in [4.69, 9.17) is 16.3 Å². The van der Waals surface area contributed by atoms with Gasteiger partial charge < -0.3 is 4.74 Å². The number of hydrogen-bond acceptors (Lipinski definition) is 3. The van der Waals surface area contributed by atoms with Crippen molar-refractivity contribution >= 4 is 23.4 Å². The minimum absolute atomic E-state index is 0.112. The molecule has 0 spiro atoms. The van der Waals surface area contributed by atoms with Gasteiger partial charge in [-0.2, -0.15) is 0 Å². The normalized spacial score (nSPS) is 18.7. The van der Waals surface area contributed by atoms with Gasteiger partial charge in [0.2, 0.25) is 0 Å². The van der Waals surface area contributed by atoms with Gasteiger partial charge in [-0.3, -0.25) is 4.90 Å². The summed E-state index contributed by atoms with van der Waals surface area (Å²) in [6.07, 6.45) is 0.112. The topological polar surface area (TPSA) is 12.5 Å². The summed E-state index contributed by atoms with van der Waals surface area (Å²) in [7, 11) is 0. The largest absolute Gasteiger partial charge is 0.374 e. The van der Waals surface area contributed by atoms with Crippen LogP contribution in [0.15, 0.2) is 89.8 Å². The third-order valence-corrected chi connectivity index (χ3v) is 6.86. The van der Waals surface area contributed by atoms with E-state index in [0.29, 0.717) is 0 Å². The highest BCUT2D eigenvalue weighted by Gasteiger charge is 2.30. The zero-order valence-corrected chi connectivity index (χ0v) is 17.3. The van der Waals surface area contributed by atoms with Gasteiger partial charge in [0.25, 0.3) is 0 Å². The second-order valence-corrected chi connectivity index (χ2v) is 8.60. The fourth-order valence-electron chi connectivity index (χ4n) is 3.58. The molecule has 144 valence electrons. The van der Waals surface area contributed by atoms with Crippen LogP contribution in [0.2, 0.25) is 5.02 Å². The molecule has 2 atom stereocenters. The van der Waals surface area contributed by atoms with Crippen LogP contribution in [0.4, 0.5) is 0 Å². The molecule has 0 N–H and O–H groups in total. The lowest BCUT2D eigenvalue weighted by molar-refractivity contribution is -0.0319. The fourth-order valence-corrected chi connectivity index (χ4v) is 5.07. The molecule has 0 aliphatic carbocycles. The van der Waals surface area contributed by atoms with Crippen molar-refractivity contribution in [3.63, 3.8) is 0 Å². The average molecular weight is 410 g/mol. The first-order chi connectivity index (χ1) is 13.8. The number of halogens is 1. The van der Waals surface area contributed by atoms with Crippen molar-refractivity contribution in [3.05, 3.63) is 101 Å². The maximum absolute atomic E-state index is 6.46. The summed E-state index contributed by atoms with van der Waals surface area (Å²) in [5.41, 5.74) is 2.62. The number of benzene rings is 3. The molecule has 1 saturated heterocycles. The molecule has 28 heavy (non-hydrogen) atoms. The van der Waals surface area contributed by atoms with E-state index >= 15 is 0 Å². The molecule has 1 unspecified atom stereocenters. The molecule has 1 aliphatic heterocycles. The van der Waals surface area contributed by atoms with Crippen molar-refractivity contribution in [1.82, 2.24) is 4.90 Å². The molecule has 0 radical (unpaired) electrons. The highest BCUT2D eigenvalue weighted by molar-refractivity contribution is 7.99. The summed E-state index contributed by atoms with van der Waals surface area (Å²) < 4.78 is 6.27. The second-order valence-electron chi connectivity index (χ2n) is 7.01. The second kappa shape index (κ2) is 9.62. The Labute approximate surface area is 176 Å². The highest BCUT2D eigenvalue weighted by Crippen LogP contribution is 2.42. The standard InChI is InChI=1S/C24H24ClNOS/c25-21-13-7-8-14-23(21)28-24(20-11-5-2-6-12-20)22-18-26(15-16-27-22)17-19-9-3-1-4-10-19/h1-14,22,24H,15-18H2/t22-,24?/m0/s1. The Hall–Kier alpha value is -1.78. The first-order valence-electron chi connectivity index (χ1n) is 9.63. The number of morpholine rings is 1. The Bertz CT molecular complexity index is 874. The van der Waals surface area contributed by atoms with Gasteiger partial charge in [-0.1, -0.05) is 84.4 Å². The molecule has 1 fully saturated rings. The molecule has 3 aromatic rings. The van der Waals surface area contributed by atoms with E-state index in [1.165, 1.54) is 11.1 Å². The zero-order valence-electron chi connectivity index (χ0n) is 15.7. The van der Waals surface area contributed by atoms with E-state index in [9.17, 15) is 0 Å². The van der Waals surface area contributed by atoms with E-state index in [1.807, 2.05) is 18.2 Å². The number of thioether (sulfide) groups is 1. The van der Waals surface area contributed by atoms with Crippen LogP contribution in [0.1, 0.15) is 16.4 Å². The van der Waals surface area contributed by atoms with Crippen LogP contribution in [0.3, 0.4) is 0 Å². The number of rotatable bonds is 6. The predicted molar refractivity (Wildman–Crippen MR) is 118 cm³/mol. The van der Waals surface area contributed by atoms with Crippen LogP contribution < -0.4 is 0 Å². The lowest BCUT2D eigenvalue weighted by Crippen LogP contribution is -2.44. The van der Waals surface area contributed by atoms with Crippen molar-refractivity contribution in [2.75, 3.05) is 19.7 Å². The third-order valence-electron chi connectivity index (χ3n) is 4.98. The van der Waals surface area contributed by atoms with Crippen LogP contribution in [-0.2, 0) is 11.3 Å². The fraction of sp³-hybridized carbons (Fsp3) is 0.250. The van der Waals surface area contributed by atoms with Crippen LogP contribution in [0.25, 0.3) is 0 Å². The summed E-state index contributed by atoms with van der Waals surface area (Å²) in [5, 5.41) is 0.991. The summed E-state index contributed by atoms with van der Waals surface area (Å²) in [6.45, 7) is 3.58. The molecule has 0 saturated carbocycles.